The second-order valence-electron chi connectivity index (χ2n) is 5.42. The van der Waals surface area contributed by atoms with Crippen LogP contribution in [0.25, 0.3) is 0 Å². The Morgan fingerprint density at radius 3 is 2.55 bits per heavy atom. The molecule has 0 aliphatic heterocycles. The Labute approximate surface area is 119 Å². The summed E-state index contributed by atoms with van der Waals surface area (Å²) in [5.74, 6) is 0.381. The third-order valence-electron chi connectivity index (χ3n) is 3.65. The number of anilines is 1. The van der Waals surface area contributed by atoms with E-state index in [0.29, 0.717) is 18.0 Å². The van der Waals surface area contributed by atoms with E-state index in [-0.39, 0.29) is 12.5 Å². The number of ether oxygens (including phenoxy) is 1. The summed E-state index contributed by atoms with van der Waals surface area (Å²) < 4.78 is 5.35. The lowest BCUT2D eigenvalue weighted by molar-refractivity contribution is -0.124. The largest absolute Gasteiger partial charge is 0.484 e. The van der Waals surface area contributed by atoms with E-state index >= 15 is 0 Å². The van der Waals surface area contributed by atoms with Crippen molar-refractivity contribution in [2.75, 3.05) is 18.9 Å². The highest BCUT2D eigenvalue weighted by atomic mass is 16.5. The van der Waals surface area contributed by atoms with Gasteiger partial charge in [-0.3, -0.25) is 4.79 Å². The number of aliphatic hydroxyl groups is 1. The molecule has 1 fully saturated rings. The highest BCUT2D eigenvalue weighted by Crippen LogP contribution is 2.27. The van der Waals surface area contributed by atoms with Crippen LogP contribution in [0.3, 0.4) is 0 Å². The fourth-order valence-corrected chi connectivity index (χ4v) is 2.41. The standard InChI is InChI=1S/C15H22N2O3/c16-12-4-6-13(7-5-12)20-10-14(18)17-11-15(19)8-2-1-3-9-15/h4-7,19H,1-3,8-11,16H2,(H,17,18). The molecule has 0 spiro atoms. The van der Waals surface area contributed by atoms with Gasteiger partial charge in [0.15, 0.2) is 6.61 Å². The summed E-state index contributed by atoms with van der Waals surface area (Å²) in [4.78, 5) is 11.7. The van der Waals surface area contributed by atoms with Crippen molar-refractivity contribution in [3.63, 3.8) is 0 Å². The molecule has 5 nitrogen and oxygen atoms in total. The van der Waals surface area contributed by atoms with Crippen molar-refractivity contribution in [1.29, 1.82) is 0 Å². The zero-order chi connectivity index (χ0) is 14.4. The molecule has 1 saturated carbocycles. The van der Waals surface area contributed by atoms with Crippen LogP contribution in [0.4, 0.5) is 5.69 Å². The zero-order valence-corrected chi connectivity index (χ0v) is 11.6. The molecule has 0 bridgehead atoms. The molecule has 5 heteroatoms. The van der Waals surface area contributed by atoms with Gasteiger partial charge in [-0.2, -0.15) is 0 Å². The monoisotopic (exact) mass is 278 g/mol. The van der Waals surface area contributed by atoms with Gasteiger partial charge < -0.3 is 20.9 Å². The molecule has 4 N–H and O–H groups in total. The predicted molar refractivity (Wildman–Crippen MR) is 77.4 cm³/mol. The zero-order valence-electron chi connectivity index (χ0n) is 11.6. The average Bonchev–Trinajstić information content (AvgIpc) is 2.45. The third-order valence-corrected chi connectivity index (χ3v) is 3.65. The Balaban J connectivity index is 1.71. The van der Waals surface area contributed by atoms with Crippen molar-refractivity contribution < 1.29 is 14.6 Å². The molecule has 0 saturated heterocycles. The van der Waals surface area contributed by atoms with Crippen molar-refractivity contribution >= 4 is 11.6 Å². The van der Waals surface area contributed by atoms with Crippen LogP contribution in [-0.4, -0.2) is 29.8 Å². The van der Waals surface area contributed by atoms with Gasteiger partial charge >= 0.3 is 0 Å². The van der Waals surface area contributed by atoms with Crippen LogP contribution in [0.1, 0.15) is 32.1 Å². The predicted octanol–water partition coefficient (Wildman–Crippen LogP) is 1.46. The maximum absolute atomic E-state index is 11.7. The minimum Gasteiger partial charge on any atom is -0.484 e. The van der Waals surface area contributed by atoms with Crippen LogP contribution in [0.5, 0.6) is 5.75 Å². The molecule has 1 amide bonds. The van der Waals surface area contributed by atoms with Gasteiger partial charge in [-0.15, -0.1) is 0 Å². The van der Waals surface area contributed by atoms with E-state index in [4.69, 9.17) is 10.5 Å². The molecular weight excluding hydrogens is 256 g/mol. The number of hydrogen-bond acceptors (Lipinski definition) is 4. The van der Waals surface area contributed by atoms with Gasteiger partial charge in [0.1, 0.15) is 5.75 Å². The summed E-state index contributed by atoms with van der Waals surface area (Å²) in [6, 6.07) is 6.88. The number of carbonyl (C=O) groups is 1. The van der Waals surface area contributed by atoms with Crippen molar-refractivity contribution in [2.45, 2.75) is 37.7 Å². The van der Waals surface area contributed by atoms with E-state index in [0.717, 1.165) is 32.1 Å². The molecule has 1 aromatic rings. The summed E-state index contributed by atoms with van der Waals surface area (Å²) in [6.07, 6.45) is 4.72. The van der Waals surface area contributed by atoms with E-state index < -0.39 is 5.60 Å². The third kappa shape index (κ3) is 4.42. The Hall–Kier alpha value is -1.75. The van der Waals surface area contributed by atoms with Gasteiger partial charge in [-0.25, -0.2) is 0 Å². The number of rotatable bonds is 5. The number of nitrogens with two attached hydrogens (primary N) is 1. The van der Waals surface area contributed by atoms with Crippen LogP contribution in [0.15, 0.2) is 24.3 Å². The van der Waals surface area contributed by atoms with Crippen LogP contribution in [0.2, 0.25) is 0 Å². The normalized spacial score (nSPS) is 17.4. The number of carbonyl (C=O) groups excluding carboxylic acids is 1. The molecule has 0 aromatic heterocycles. The lowest BCUT2D eigenvalue weighted by atomic mass is 9.85. The van der Waals surface area contributed by atoms with Gasteiger partial charge in [-0.05, 0) is 37.1 Å². The lowest BCUT2D eigenvalue weighted by Crippen LogP contribution is -2.45. The topological polar surface area (TPSA) is 84.6 Å². The van der Waals surface area contributed by atoms with E-state index in [1.54, 1.807) is 24.3 Å². The molecule has 20 heavy (non-hydrogen) atoms. The van der Waals surface area contributed by atoms with Gasteiger partial charge in [-0.1, -0.05) is 19.3 Å². The van der Waals surface area contributed by atoms with E-state index in [2.05, 4.69) is 5.32 Å². The molecule has 0 unspecified atom stereocenters. The lowest BCUT2D eigenvalue weighted by Gasteiger charge is -2.32. The molecule has 110 valence electrons. The van der Waals surface area contributed by atoms with Crippen LogP contribution < -0.4 is 15.8 Å². The maximum Gasteiger partial charge on any atom is 0.258 e. The number of amides is 1. The second-order valence-corrected chi connectivity index (χ2v) is 5.42. The van der Waals surface area contributed by atoms with E-state index in [9.17, 15) is 9.90 Å². The Kier molecular flexibility index (Phi) is 4.84. The number of benzene rings is 1. The number of hydrogen-bond donors (Lipinski definition) is 3. The van der Waals surface area contributed by atoms with Crippen LogP contribution >= 0.6 is 0 Å². The first kappa shape index (κ1) is 14.7. The van der Waals surface area contributed by atoms with E-state index in [1.165, 1.54) is 0 Å². The van der Waals surface area contributed by atoms with Gasteiger partial charge in [0.2, 0.25) is 0 Å². The minimum atomic E-state index is -0.741. The minimum absolute atomic E-state index is 0.0556. The Bertz CT molecular complexity index is 439. The SMILES string of the molecule is Nc1ccc(OCC(=O)NCC2(O)CCCCC2)cc1. The molecule has 0 atom stereocenters. The molecule has 1 aromatic carbocycles. The molecule has 1 aliphatic carbocycles. The first-order valence-corrected chi connectivity index (χ1v) is 7.05. The van der Waals surface area contributed by atoms with Crippen LogP contribution in [0, 0.1) is 0 Å². The van der Waals surface area contributed by atoms with Gasteiger partial charge in [0, 0.05) is 12.2 Å². The van der Waals surface area contributed by atoms with Gasteiger partial charge in [0.05, 0.1) is 5.60 Å². The summed E-state index contributed by atoms with van der Waals surface area (Å²) in [5.41, 5.74) is 5.48. The molecular formula is C15H22N2O3. The van der Waals surface area contributed by atoms with E-state index in [1.807, 2.05) is 0 Å². The Morgan fingerprint density at radius 2 is 1.90 bits per heavy atom. The molecule has 2 rings (SSSR count). The Morgan fingerprint density at radius 1 is 1.25 bits per heavy atom. The summed E-state index contributed by atoms with van der Waals surface area (Å²) in [6.45, 7) is 0.247. The van der Waals surface area contributed by atoms with Crippen molar-refractivity contribution in [2.24, 2.45) is 0 Å². The summed E-state index contributed by atoms with van der Waals surface area (Å²) in [7, 11) is 0. The fourth-order valence-electron chi connectivity index (χ4n) is 2.41. The smallest absolute Gasteiger partial charge is 0.258 e. The van der Waals surface area contributed by atoms with Crippen molar-refractivity contribution in [3.05, 3.63) is 24.3 Å². The summed E-state index contributed by atoms with van der Waals surface area (Å²) >= 11 is 0. The first-order chi connectivity index (χ1) is 9.57. The number of nitrogen functional groups attached to an aromatic ring is 1. The highest BCUT2D eigenvalue weighted by molar-refractivity contribution is 5.77. The quantitative estimate of drug-likeness (QED) is 0.712. The van der Waals surface area contributed by atoms with Crippen molar-refractivity contribution in [3.8, 4) is 5.75 Å². The fraction of sp³-hybridized carbons (Fsp3) is 0.533. The maximum atomic E-state index is 11.7. The first-order valence-electron chi connectivity index (χ1n) is 7.05. The van der Waals surface area contributed by atoms with Gasteiger partial charge in [0.25, 0.3) is 5.91 Å². The molecule has 1 aliphatic rings. The summed E-state index contributed by atoms with van der Waals surface area (Å²) in [5, 5.41) is 13.0. The van der Waals surface area contributed by atoms with Crippen molar-refractivity contribution in [1.82, 2.24) is 5.32 Å². The average molecular weight is 278 g/mol. The molecule has 0 heterocycles. The number of nitrogens with one attached hydrogen (secondary N) is 1. The van der Waals surface area contributed by atoms with Crippen LogP contribution in [-0.2, 0) is 4.79 Å². The highest BCUT2D eigenvalue weighted by Gasteiger charge is 2.29. The second kappa shape index (κ2) is 6.61. The molecule has 0 radical (unpaired) electrons.